The van der Waals surface area contributed by atoms with E-state index in [1.54, 1.807) is 18.2 Å². The van der Waals surface area contributed by atoms with Gasteiger partial charge in [-0.1, -0.05) is 0 Å². The molecule has 0 fully saturated rings. The molecule has 4 nitrogen and oxygen atoms in total. The predicted molar refractivity (Wildman–Crippen MR) is 69.5 cm³/mol. The second-order valence-electron chi connectivity index (χ2n) is 4.69. The van der Waals surface area contributed by atoms with Crippen molar-refractivity contribution in [3.05, 3.63) is 29.3 Å². The third kappa shape index (κ3) is 3.74. The summed E-state index contributed by atoms with van der Waals surface area (Å²) in [7, 11) is 0. The molecule has 110 valence electrons. The summed E-state index contributed by atoms with van der Waals surface area (Å²) >= 11 is 0. The van der Waals surface area contributed by atoms with Gasteiger partial charge in [-0.25, -0.2) is 8.78 Å². The number of rotatable bonds is 7. The molecule has 0 radical (unpaired) electrons. The number of hydrogen-bond donors (Lipinski definition) is 1. The van der Waals surface area contributed by atoms with Crippen LogP contribution in [0.3, 0.4) is 0 Å². The van der Waals surface area contributed by atoms with Gasteiger partial charge in [-0.3, -0.25) is 9.69 Å². The topological polar surface area (TPSA) is 49.8 Å². The van der Waals surface area contributed by atoms with Crippen LogP contribution in [0.5, 0.6) is 5.75 Å². The summed E-state index contributed by atoms with van der Waals surface area (Å²) in [6.45, 7) is -0.220. The van der Waals surface area contributed by atoms with E-state index >= 15 is 0 Å². The maximum atomic E-state index is 12.4. The van der Waals surface area contributed by atoms with Crippen LogP contribution < -0.4 is 4.74 Å². The lowest BCUT2D eigenvalue weighted by molar-refractivity contribution is 0.0689. The van der Waals surface area contributed by atoms with Crippen molar-refractivity contribution in [2.45, 2.75) is 12.8 Å². The number of carbonyl (C=O) groups excluding carboxylic acids is 1. The van der Waals surface area contributed by atoms with Gasteiger partial charge in [-0.15, -0.1) is 0 Å². The zero-order chi connectivity index (χ0) is 14.5. The van der Waals surface area contributed by atoms with Crippen LogP contribution in [0.4, 0.5) is 8.78 Å². The summed E-state index contributed by atoms with van der Waals surface area (Å²) in [5.74, 6) is 0.551. The number of Topliss-reactive ketones (excluding diaryl/α,β-unsaturated/α-hetero) is 1. The van der Waals surface area contributed by atoms with Crippen LogP contribution in [0, 0.1) is 0 Å². The number of benzene rings is 1. The molecule has 1 aliphatic rings. The van der Waals surface area contributed by atoms with Crippen molar-refractivity contribution in [2.24, 2.45) is 0 Å². The van der Waals surface area contributed by atoms with E-state index in [4.69, 9.17) is 9.84 Å². The van der Waals surface area contributed by atoms with Crippen LogP contribution in [-0.4, -0.2) is 55.1 Å². The fourth-order valence-corrected chi connectivity index (χ4v) is 2.23. The highest BCUT2D eigenvalue weighted by Gasteiger charge is 2.18. The van der Waals surface area contributed by atoms with E-state index in [1.165, 1.54) is 4.90 Å². The number of hydrogen-bond acceptors (Lipinski definition) is 4. The molecule has 0 saturated carbocycles. The molecule has 0 spiro atoms. The molecule has 0 amide bonds. The van der Waals surface area contributed by atoms with Crippen LogP contribution in [0.1, 0.15) is 15.9 Å². The number of fused-ring (bicyclic) bond motifs is 1. The van der Waals surface area contributed by atoms with E-state index in [0.29, 0.717) is 12.2 Å². The molecular formula is C14H17F2NO3. The first-order valence-corrected chi connectivity index (χ1v) is 6.50. The van der Waals surface area contributed by atoms with Gasteiger partial charge in [0.25, 0.3) is 6.43 Å². The van der Waals surface area contributed by atoms with Gasteiger partial charge in [0, 0.05) is 18.5 Å². The van der Waals surface area contributed by atoms with Gasteiger partial charge in [-0.2, -0.15) is 0 Å². The number of ketones is 1. The molecule has 20 heavy (non-hydrogen) atoms. The van der Waals surface area contributed by atoms with E-state index in [-0.39, 0.29) is 25.5 Å². The first-order chi connectivity index (χ1) is 9.60. The minimum Gasteiger partial charge on any atom is -0.493 e. The molecule has 0 unspecified atom stereocenters. The third-order valence-corrected chi connectivity index (χ3v) is 3.19. The first-order valence-electron chi connectivity index (χ1n) is 6.50. The van der Waals surface area contributed by atoms with E-state index in [2.05, 4.69) is 0 Å². The van der Waals surface area contributed by atoms with Crippen molar-refractivity contribution < 1.29 is 23.4 Å². The maximum absolute atomic E-state index is 12.4. The lowest BCUT2D eigenvalue weighted by Crippen LogP contribution is -2.36. The average molecular weight is 285 g/mol. The fraction of sp³-hybridized carbons (Fsp3) is 0.500. The minimum atomic E-state index is -2.53. The minimum absolute atomic E-state index is 0.0597. The first kappa shape index (κ1) is 14.9. The van der Waals surface area contributed by atoms with Gasteiger partial charge in [-0.05, 0) is 23.8 Å². The Hall–Kier alpha value is -1.53. The number of aliphatic hydroxyl groups excluding tert-OH is 1. The van der Waals surface area contributed by atoms with Crippen molar-refractivity contribution >= 4 is 5.78 Å². The van der Waals surface area contributed by atoms with Crippen LogP contribution in [-0.2, 0) is 6.42 Å². The van der Waals surface area contributed by atoms with Gasteiger partial charge in [0.2, 0.25) is 0 Å². The number of carbonyl (C=O) groups is 1. The highest BCUT2D eigenvalue weighted by atomic mass is 19.3. The van der Waals surface area contributed by atoms with Crippen molar-refractivity contribution in [1.29, 1.82) is 0 Å². The molecule has 1 aromatic carbocycles. The number of ether oxygens (including phenoxy) is 1. The number of alkyl halides is 2. The van der Waals surface area contributed by atoms with Gasteiger partial charge in [0.15, 0.2) is 5.78 Å². The Kier molecular flexibility index (Phi) is 5.03. The lowest BCUT2D eigenvalue weighted by atomic mass is 10.1. The highest BCUT2D eigenvalue weighted by molar-refractivity contribution is 5.98. The summed E-state index contributed by atoms with van der Waals surface area (Å²) in [5.41, 5.74) is 1.46. The summed E-state index contributed by atoms with van der Waals surface area (Å²) in [6.07, 6.45) is -1.77. The quantitative estimate of drug-likeness (QED) is 0.769. The zero-order valence-electron chi connectivity index (χ0n) is 11.0. The third-order valence-electron chi connectivity index (χ3n) is 3.19. The number of aliphatic hydroxyl groups is 1. The van der Waals surface area contributed by atoms with Gasteiger partial charge in [0.05, 0.1) is 26.3 Å². The standard InChI is InChI=1S/C14H17F2NO3/c15-14(16)9-17(4-5-18)8-12(19)10-1-2-13-11(7-10)3-6-20-13/h1-2,7,14,18H,3-6,8-9H2. The normalized spacial score (nSPS) is 13.7. The van der Waals surface area contributed by atoms with Crippen LogP contribution in [0.15, 0.2) is 18.2 Å². The maximum Gasteiger partial charge on any atom is 0.251 e. The molecule has 1 aromatic rings. The molecule has 1 N–H and O–H groups in total. The number of halogens is 2. The lowest BCUT2D eigenvalue weighted by Gasteiger charge is -2.19. The molecule has 2 rings (SSSR count). The van der Waals surface area contributed by atoms with Gasteiger partial charge < -0.3 is 9.84 Å². The van der Waals surface area contributed by atoms with Gasteiger partial charge in [0.1, 0.15) is 5.75 Å². The average Bonchev–Trinajstić information content (AvgIpc) is 2.85. The Balaban J connectivity index is 2.02. The molecule has 0 aliphatic carbocycles. The van der Waals surface area contributed by atoms with Crippen molar-refractivity contribution in [3.63, 3.8) is 0 Å². The summed E-state index contributed by atoms with van der Waals surface area (Å²) in [6, 6.07) is 5.13. The molecule has 1 aliphatic heterocycles. The Morgan fingerprint density at radius 2 is 2.25 bits per heavy atom. The van der Waals surface area contributed by atoms with Crippen LogP contribution in [0.25, 0.3) is 0 Å². The SMILES string of the molecule is O=C(CN(CCO)CC(F)F)c1ccc2c(c1)CCO2. The van der Waals surface area contributed by atoms with Crippen molar-refractivity contribution in [3.8, 4) is 5.75 Å². The Morgan fingerprint density at radius 1 is 1.45 bits per heavy atom. The monoisotopic (exact) mass is 285 g/mol. The Bertz CT molecular complexity index is 479. The smallest absolute Gasteiger partial charge is 0.251 e. The largest absolute Gasteiger partial charge is 0.493 e. The van der Waals surface area contributed by atoms with E-state index in [9.17, 15) is 13.6 Å². The molecule has 0 aromatic heterocycles. The zero-order valence-corrected chi connectivity index (χ0v) is 11.0. The second-order valence-corrected chi connectivity index (χ2v) is 4.69. The molecular weight excluding hydrogens is 268 g/mol. The van der Waals surface area contributed by atoms with Crippen molar-refractivity contribution in [2.75, 3.05) is 32.8 Å². The van der Waals surface area contributed by atoms with Crippen LogP contribution in [0.2, 0.25) is 0 Å². The molecule has 6 heteroatoms. The summed E-state index contributed by atoms with van der Waals surface area (Å²) < 4.78 is 30.1. The number of nitrogens with zero attached hydrogens (tertiary/aromatic N) is 1. The van der Waals surface area contributed by atoms with E-state index in [1.807, 2.05) is 0 Å². The van der Waals surface area contributed by atoms with Crippen molar-refractivity contribution in [1.82, 2.24) is 4.90 Å². The summed E-state index contributed by atoms with van der Waals surface area (Å²) in [4.78, 5) is 13.4. The van der Waals surface area contributed by atoms with Gasteiger partial charge >= 0.3 is 0 Å². The molecule has 0 saturated heterocycles. The molecule has 0 bridgehead atoms. The second kappa shape index (κ2) is 6.76. The summed E-state index contributed by atoms with van der Waals surface area (Å²) in [5, 5.41) is 8.85. The molecule has 0 atom stereocenters. The van der Waals surface area contributed by atoms with E-state index < -0.39 is 13.0 Å². The van der Waals surface area contributed by atoms with Crippen LogP contribution >= 0.6 is 0 Å². The Morgan fingerprint density at radius 3 is 2.95 bits per heavy atom. The predicted octanol–water partition coefficient (Wildman–Crippen LogP) is 1.36. The Labute approximate surface area is 116 Å². The highest BCUT2D eigenvalue weighted by Crippen LogP contribution is 2.26. The molecule has 1 heterocycles. The van der Waals surface area contributed by atoms with E-state index in [0.717, 1.165) is 17.7 Å². The fourth-order valence-electron chi connectivity index (χ4n) is 2.23.